The maximum absolute atomic E-state index is 11.8. The summed E-state index contributed by atoms with van der Waals surface area (Å²) in [6.07, 6.45) is 2.84. The fourth-order valence-electron chi connectivity index (χ4n) is 1.89. The minimum absolute atomic E-state index is 0.185. The maximum atomic E-state index is 11.8. The number of carbonyl (C=O) groups is 1. The number of Topliss-reactive ketones (excluding diaryl/α,β-unsaturated/α-hetero) is 1. The Morgan fingerprint density at radius 2 is 2.38 bits per heavy atom. The van der Waals surface area contributed by atoms with Gasteiger partial charge in [-0.1, -0.05) is 0 Å². The van der Waals surface area contributed by atoms with E-state index in [1.807, 2.05) is 16.8 Å². The molecule has 0 radical (unpaired) electrons. The van der Waals surface area contributed by atoms with Crippen molar-refractivity contribution in [2.45, 2.75) is 25.3 Å². The third kappa shape index (κ3) is 1.81. The molecule has 3 heteroatoms. The largest absolute Gasteiger partial charge is 0.328 e. The van der Waals surface area contributed by atoms with Gasteiger partial charge in [0.1, 0.15) is 0 Å². The Labute approximate surface area is 81.8 Å². The van der Waals surface area contributed by atoms with Crippen molar-refractivity contribution in [2.24, 2.45) is 11.7 Å². The van der Waals surface area contributed by atoms with E-state index in [2.05, 4.69) is 0 Å². The van der Waals surface area contributed by atoms with E-state index in [1.165, 1.54) is 0 Å². The molecule has 70 valence electrons. The van der Waals surface area contributed by atoms with E-state index in [4.69, 9.17) is 5.73 Å². The van der Waals surface area contributed by atoms with Gasteiger partial charge < -0.3 is 5.73 Å². The van der Waals surface area contributed by atoms with Crippen molar-refractivity contribution in [3.63, 3.8) is 0 Å². The molecule has 2 atom stereocenters. The van der Waals surface area contributed by atoms with Crippen LogP contribution in [0, 0.1) is 5.92 Å². The molecule has 1 aliphatic carbocycles. The first-order valence-corrected chi connectivity index (χ1v) is 5.53. The Hall–Kier alpha value is -0.670. The van der Waals surface area contributed by atoms with Crippen LogP contribution in [0.1, 0.15) is 29.6 Å². The minimum Gasteiger partial charge on any atom is -0.328 e. The van der Waals surface area contributed by atoms with Crippen LogP contribution < -0.4 is 5.73 Å². The van der Waals surface area contributed by atoms with Crippen molar-refractivity contribution in [2.75, 3.05) is 0 Å². The first kappa shape index (κ1) is 8.91. The molecule has 2 rings (SSSR count). The van der Waals surface area contributed by atoms with Gasteiger partial charge >= 0.3 is 0 Å². The van der Waals surface area contributed by atoms with E-state index in [9.17, 15) is 4.79 Å². The second kappa shape index (κ2) is 3.60. The highest BCUT2D eigenvalue weighted by molar-refractivity contribution is 7.08. The highest BCUT2D eigenvalue weighted by Gasteiger charge is 2.28. The number of thiophene rings is 1. The van der Waals surface area contributed by atoms with E-state index in [0.717, 1.165) is 24.8 Å². The Morgan fingerprint density at radius 1 is 1.54 bits per heavy atom. The van der Waals surface area contributed by atoms with Gasteiger partial charge in [-0.05, 0) is 30.7 Å². The van der Waals surface area contributed by atoms with Gasteiger partial charge in [0.15, 0.2) is 5.78 Å². The molecule has 2 unspecified atom stereocenters. The predicted octanol–water partition coefficient (Wildman–Crippen LogP) is 2.06. The molecule has 1 aromatic heterocycles. The number of hydrogen-bond donors (Lipinski definition) is 1. The molecule has 1 fully saturated rings. The van der Waals surface area contributed by atoms with Crippen LogP contribution in [0.4, 0.5) is 0 Å². The van der Waals surface area contributed by atoms with Crippen LogP contribution in [0.3, 0.4) is 0 Å². The number of nitrogens with two attached hydrogens (primary N) is 1. The zero-order chi connectivity index (χ0) is 9.26. The first-order valence-electron chi connectivity index (χ1n) is 4.59. The SMILES string of the molecule is NC1CCC(C(=O)c2ccsc2)C1. The van der Waals surface area contributed by atoms with Crippen LogP contribution in [0.25, 0.3) is 0 Å². The third-order valence-corrected chi connectivity index (χ3v) is 3.33. The summed E-state index contributed by atoms with van der Waals surface area (Å²) in [6.45, 7) is 0. The van der Waals surface area contributed by atoms with E-state index in [-0.39, 0.29) is 17.7 Å². The maximum Gasteiger partial charge on any atom is 0.166 e. The Morgan fingerprint density at radius 3 is 2.92 bits per heavy atom. The zero-order valence-electron chi connectivity index (χ0n) is 7.40. The van der Waals surface area contributed by atoms with Gasteiger partial charge in [0.2, 0.25) is 0 Å². The van der Waals surface area contributed by atoms with Crippen molar-refractivity contribution in [1.82, 2.24) is 0 Å². The van der Waals surface area contributed by atoms with Crippen LogP contribution >= 0.6 is 11.3 Å². The molecule has 2 nitrogen and oxygen atoms in total. The molecule has 1 aliphatic rings. The Balaban J connectivity index is 2.06. The number of carbonyl (C=O) groups excluding carboxylic acids is 1. The standard InChI is InChI=1S/C10H13NOS/c11-9-2-1-7(5-9)10(12)8-3-4-13-6-8/h3-4,6-7,9H,1-2,5,11H2. The normalized spacial score (nSPS) is 27.8. The summed E-state index contributed by atoms with van der Waals surface area (Å²) in [6, 6.07) is 2.14. The summed E-state index contributed by atoms with van der Waals surface area (Å²) in [5, 5.41) is 3.87. The lowest BCUT2D eigenvalue weighted by Crippen LogP contribution is -2.17. The van der Waals surface area contributed by atoms with Crippen LogP contribution in [-0.2, 0) is 0 Å². The summed E-state index contributed by atoms with van der Waals surface area (Å²) < 4.78 is 0. The van der Waals surface area contributed by atoms with E-state index in [0.29, 0.717) is 0 Å². The third-order valence-electron chi connectivity index (χ3n) is 2.65. The van der Waals surface area contributed by atoms with Crippen molar-refractivity contribution in [3.8, 4) is 0 Å². The lowest BCUT2D eigenvalue weighted by molar-refractivity contribution is 0.0922. The van der Waals surface area contributed by atoms with Crippen LogP contribution in [-0.4, -0.2) is 11.8 Å². The second-order valence-corrected chi connectivity index (χ2v) is 4.43. The van der Waals surface area contributed by atoms with E-state index in [1.54, 1.807) is 11.3 Å². The average Bonchev–Trinajstić information content (AvgIpc) is 2.72. The van der Waals surface area contributed by atoms with Gasteiger partial charge in [-0.3, -0.25) is 4.79 Å². The zero-order valence-corrected chi connectivity index (χ0v) is 8.22. The van der Waals surface area contributed by atoms with Gasteiger partial charge in [-0.2, -0.15) is 11.3 Å². The summed E-state index contributed by atoms with van der Waals surface area (Å²) in [4.78, 5) is 11.8. The highest BCUT2D eigenvalue weighted by atomic mass is 32.1. The molecule has 2 N–H and O–H groups in total. The van der Waals surface area contributed by atoms with E-state index < -0.39 is 0 Å². The smallest absolute Gasteiger partial charge is 0.166 e. The van der Waals surface area contributed by atoms with Gasteiger partial charge in [-0.25, -0.2) is 0 Å². The molecule has 1 heterocycles. The van der Waals surface area contributed by atoms with Gasteiger partial charge in [-0.15, -0.1) is 0 Å². The van der Waals surface area contributed by atoms with Crippen LogP contribution in [0.2, 0.25) is 0 Å². The fourth-order valence-corrected chi connectivity index (χ4v) is 2.54. The number of ketones is 1. The summed E-state index contributed by atoms with van der Waals surface area (Å²) in [5.41, 5.74) is 6.63. The monoisotopic (exact) mass is 195 g/mol. The average molecular weight is 195 g/mol. The molecule has 0 aliphatic heterocycles. The first-order chi connectivity index (χ1) is 6.27. The Bertz CT molecular complexity index is 294. The van der Waals surface area contributed by atoms with Crippen molar-refractivity contribution < 1.29 is 4.79 Å². The summed E-state index contributed by atoms with van der Waals surface area (Å²) in [5.74, 6) is 0.471. The van der Waals surface area contributed by atoms with E-state index >= 15 is 0 Å². The fraction of sp³-hybridized carbons (Fsp3) is 0.500. The van der Waals surface area contributed by atoms with Crippen molar-refractivity contribution in [3.05, 3.63) is 22.4 Å². The molecule has 0 amide bonds. The number of hydrogen-bond acceptors (Lipinski definition) is 3. The van der Waals surface area contributed by atoms with Crippen molar-refractivity contribution >= 4 is 17.1 Å². The predicted molar refractivity (Wildman–Crippen MR) is 54.0 cm³/mol. The molecular weight excluding hydrogens is 182 g/mol. The summed E-state index contributed by atoms with van der Waals surface area (Å²) >= 11 is 1.58. The molecule has 13 heavy (non-hydrogen) atoms. The van der Waals surface area contributed by atoms with Gasteiger partial charge in [0, 0.05) is 22.9 Å². The topological polar surface area (TPSA) is 43.1 Å². The van der Waals surface area contributed by atoms with Gasteiger partial charge in [0.05, 0.1) is 0 Å². The summed E-state index contributed by atoms with van der Waals surface area (Å²) in [7, 11) is 0. The molecule has 0 bridgehead atoms. The quantitative estimate of drug-likeness (QED) is 0.734. The molecule has 0 aromatic carbocycles. The highest BCUT2D eigenvalue weighted by Crippen LogP contribution is 2.27. The second-order valence-electron chi connectivity index (χ2n) is 3.65. The molecule has 0 saturated heterocycles. The number of rotatable bonds is 2. The molecule has 1 aromatic rings. The van der Waals surface area contributed by atoms with Crippen LogP contribution in [0.5, 0.6) is 0 Å². The Kier molecular flexibility index (Phi) is 2.47. The molecule has 1 saturated carbocycles. The van der Waals surface area contributed by atoms with Gasteiger partial charge in [0.25, 0.3) is 0 Å². The van der Waals surface area contributed by atoms with Crippen LogP contribution in [0.15, 0.2) is 16.8 Å². The minimum atomic E-state index is 0.185. The lowest BCUT2D eigenvalue weighted by atomic mass is 9.98. The molecular formula is C10H13NOS. The lowest BCUT2D eigenvalue weighted by Gasteiger charge is -2.05. The molecule has 0 spiro atoms. The van der Waals surface area contributed by atoms with Crippen molar-refractivity contribution in [1.29, 1.82) is 0 Å².